The van der Waals surface area contributed by atoms with Gasteiger partial charge in [0.05, 0.1) is 17.9 Å². The molecule has 0 fully saturated rings. The molecule has 0 radical (unpaired) electrons. The Morgan fingerprint density at radius 3 is 2.85 bits per heavy atom. The van der Waals surface area contributed by atoms with Crippen LogP contribution in [-0.4, -0.2) is 38.5 Å². The second-order valence-corrected chi connectivity index (χ2v) is 5.61. The van der Waals surface area contributed by atoms with E-state index in [-0.39, 0.29) is 12.6 Å². The summed E-state index contributed by atoms with van der Waals surface area (Å²) in [7, 11) is 0. The van der Waals surface area contributed by atoms with Crippen LogP contribution in [0.5, 0.6) is 0 Å². The topological polar surface area (TPSA) is 66.3 Å². The van der Waals surface area contributed by atoms with Gasteiger partial charge in [0.2, 0.25) is 0 Å². The van der Waals surface area contributed by atoms with E-state index in [1.807, 2.05) is 42.3 Å². The van der Waals surface area contributed by atoms with Crippen molar-refractivity contribution >= 4 is 17.3 Å². The minimum absolute atomic E-state index is 0.0219. The lowest BCUT2D eigenvalue weighted by atomic mass is 10.3. The molecular formula is C14H17N3O2S. The van der Waals surface area contributed by atoms with Crippen LogP contribution in [0.3, 0.4) is 0 Å². The Hall–Kier alpha value is -1.79. The van der Waals surface area contributed by atoms with Crippen molar-refractivity contribution in [3.05, 3.63) is 35.5 Å². The minimum atomic E-state index is -0.820. The number of hydrogen-bond donors (Lipinski definition) is 1. The van der Waals surface area contributed by atoms with Gasteiger partial charge in [-0.2, -0.15) is 0 Å². The molecule has 0 spiro atoms. The van der Waals surface area contributed by atoms with Crippen LogP contribution in [0, 0.1) is 0 Å². The third kappa shape index (κ3) is 3.85. The third-order valence-electron chi connectivity index (χ3n) is 2.87. The number of carboxylic acids is 1. The zero-order valence-electron chi connectivity index (χ0n) is 11.5. The zero-order chi connectivity index (χ0) is 14.5. The summed E-state index contributed by atoms with van der Waals surface area (Å²) in [4.78, 5) is 21.5. The molecule has 5 nitrogen and oxygen atoms in total. The first kappa shape index (κ1) is 14.6. The van der Waals surface area contributed by atoms with Crippen molar-refractivity contribution in [3.63, 3.8) is 0 Å². The van der Waals surface area contributed by atoms with E-state index in [9.17, 15) is 4.79 Å². The number of carboxylic acid groups (broad SMARTS) is 1. The molecule has 2 aromatic heterocycles. The van der Waals surface area contributed by atoms with Gasteiger partial charge < -0.3 is 5.11 Å². The van der Waals surface area contributed by atoms with E-state index in [0.717, 1.165) is 16.4 Å². The largest absolute Gasteiger partial charge is 0.480 e. The molecule has 0 saturated heterocycles. The van der Waals surface area contributed by atoms with E-state index in [1.54, 1.807) is 6.20 Å². The molecule has 0 aromatic carbocycles. The SMILES string of the molecule is CC(C)N(CC(=O)O)Cc1csc(-c2ccccn2)n1. The highest BCUT2D eigenvalue weighted by atomic mass is 32.1. The van der Waals surface area contributed by atoms with Crippen LogP contribution in [0.4, 0.5) is 0 Å². The van der Waals surface area contributed by atoms with E-state index < -0.39 is 5.97 Å². The maximum atomic E-state index is 10.9. The normalized spacial score (nSPS) is 11.2. The predicted molar refractivity (Wildman–Crippen MR) is 78.5 cm³/mol. The maximum Gasteiger partial charge on any atom is 0.317 e. The summed E-state index contributed by atoms with van der Waals surface area (Å²) in [6, 6.07) is 5.87. The van der Waals surface area contributed by atoms with Gasteiger partial charge in [-0.15, -0.1) is 11.3 Å². The summed E-state index contributed by atoms with van der Waals surface area (Å²) in [5.74, 6) is -0.820. The highest BCUT2D eigenvalue weighted by molar-refractivity contribution is 7.13. The number of hydrogen-bond acceptors (Lipinski definition) is 5. The Labute approximate surface area is 121 Å². The number of pyridine rings is 1. The quantitative estimate of drug-likeness (QED) is 0.885. The monoisotopic (exact) mass is 291 g/mol. The molecule has 0 saturated carbocycles. The van der Waals surface area contributed by atoms with Crippen molar-refractivity contribution in [2.45, 2.75) is 26.4 Å². The fourth-order valence-electron chi connectivity index (χ4n) is 1.79. The van der Waals surface area contributed by atoms with Gasteiger partial charge in [0.1, 0.15) is 5.01 Å². The lowest BCUT2D eigenvalue weighted by Crippen LogP contribution is -2.35. The first-order valence-corrected chi connectivity index (χ1v) is 7.26. The van der Waals surface area contributed by atoms with E-state index in [1.165, 1.54) is 11.3 Å². The van der Waals surface area contributed by atoms with Gasteiger partial charge in [0, 0.05) is 24.2 Å². The number of carbonyl (C=O) groups is 1. The van der Waals surface area contributed by atoms with Gasteiger partial charge in [0.15, 0.2) is 0 Å². The van der Waals surface area contributed by atoms with Crippen molar-refractivity contribution in [1.82, 2.24) is 14.9 Å². The number of nitrogens with zero attached hydrogens (tertiary/aromatic N) is 3. The van der Waals surface area contributed by atoms with Crippen LogP contribution in [0.2, 0.25) is 0 Å². The fourth-order valence-corrected chi connectivity index (χ4v) is 2.58. The predicted octanol–water partition coefficient (Wildman–Crippen LogP) is 2.50. The fraction of sp³-hybridized carbons (Fsp3) is 0.357. The van der Waals surface area contributed by atoms with E-state index in [4.69, 9.17) is 5.11 Å². The summed E-state index contributed by atoms with van der Waals surface area (Å²) in [6.45, 7) is 4.52. The molecule has 6 heteroatoms. The smallest absolute Gasteiger partial charge is 0.317 e. The second kappa shape index (κ2) is 6.58. The van der Waals surface area contributed by atoms with Crippen LogP contribution in [-0.2, 0) is 11.3 Å². The van der Waals surface area contributed by atoms with E-state index in [0.29, 0.717) is 6.54 Å². The molecule has 0 aliphatic rings. The second-order valence-electron chi connectivity index (χ2n) is 4.75. The van der Waals surface area contributed by atoms with Crippen LogP contribution in [0.15, 0.2) is 29.8 Å². The number of aliphatic carboxylic acids is 1. The highest BCUT2D eigenvalue weighted by Gasteiger charge is 2.15. The molecule has 0 unspecified atom stereocenters. The van der Waals surface area contributed by atoms with E-state index >= 15 is 0 Å². The summed E-state index contributed by atoms with van der Waals surface area (Å²) in [5.41, 5.74) is 1.73. The molecule has 0 aliphatic carbocycles. The molecule has 2 rings (SSSR count). The first-order chi connectivity index (χ1) is 9.56. The summed E-state index contributed by atoms with van der Waals surface area (Å²) >= 11 is 1.53. The van der Waals surface area contributed by atoms with Crippen molar-refractivity contribution in [3.8, 4) is 10.7 Å². The Morgan fingerprint density at radius 2 is 2.25 bits per heavy atom. The van der Waals surface area contributed by atoms with Crippen molar-refractivity contribution in [2.24, 2.45) is 0 Å². The molecule has 2 aromatic rings. The Balaban J connectivity index is 2.10. The summed E-state index contributed by atoms with van der Waals surface area (Å²) in [6.07, 6.45) is 1.74. The number of aromatic nitrogens is 2. The van der Waals surface area contributed by atoms with Crippen molar-refractivity contribution in [2.75, 3.05) is 6.54 Å². The number of thiazole rings is 1. The highest BCUT2D eigenvalue weighted by Crippen LogP contribution is 2.22. The molecule has 2 heterocycles. The molecule has 1 N–H and O–H groups in total. The summed E-state index contributed by atoms with van der Waals surface area (Å²) in [5, 5.41) is 11.7. The van der Waals surface area contributed by atoms with Crippen LogP contribution in [0.1, 0.15) is 19.5 Å². The third-order valence-corrected chi connectivity index (χ3v) is 3.78. The first-order valence-electron chi connectivity index (χ1n) is 6.38. The van der Waals surface area contributed by atoms with Gasteiger partial charge in [-0.3, -0.25) is 14.7 Å². The lowest BCUT2D eigenvalue weighted by molar-refractivity contribution is -0.138. The van der Waals surface area contributed by atoms with Gasteiger partial charge in [-0.05, 0) is 26.0 Å². The molecule has 106 valence electrons. The van der Waals surface area contributed by atoms with Crippen LogP contribution >= 0.6 is 11.3 Å². The molecular weight excluding hydrogens is 274 g/mol. The average Bonchev–Trinajstić information content (AvgIpc) is 2.87. The summed E-state index contributed by atoms with van der Waals surface area (Å²) < 4.78 is 0. The van der Waals surface area contributed by atoms with Gasteiger partial charge in [-0.1, -0.05) is 6.07 Å². The lowest BCUT2D eigenvalue weighted by Gasteiger charge is -2.23. The Morgan fingerprint density at radius 1 is 1.45 bits per heavy atom. The van der Waals surface area contributed by atoms with Crippen LogP contribution < -0.4 is 0 Å². The molecule has 20 heavy (non-hydrogen) atoms. The van der Waals surface area contributed by atoms with Gasteiger partial charge in [-0.25, -0.2) is 4.98 Å². The molecule has 0 aliphatic heterocycles. The molecule has 0 amide bonds. The average molecular weight is 291 g/mol. The van der Waals surface area contributed by atoms with Gasteiger partial charge in [0.25, 0.3) is 0 Å². The molecule has 0 atom stereocenters. The van der Waals surface area contributed by atoms with Crippen molar-refractivity contribution in [1.29, 1.82) is 0 Å². The zero-order valence-corrected chi connectivity index (χ0v) is 12.3. The van der Waals surface area contributed by atoms with Crippen molar-refractivity contribution < 1.29 is 9.90 Å². The number of rotatable bonds is 6. The van der Waals surface area contributed by atoms with Gasteiger partial charge >= 0.3 is 5.97 Å². The Bertz CT molecular complexity index is 569. The van der Waals surface area contributed by atoms with E-state index in [2.05, 4.69) is 9.97 Å². The van der Waals surface area contributed by atoms with Crippen LogP contribution in [0.25, 0.3) is 10.7 Å². The minimum Gasteiger partial charge on any atom is -0.480 e. The molecule has 0 bridgehead atoms. The Kier molecular flexibility index (Phi) is 4.81. The maximum absolute atomic E-state index is 10.9. The standard InChI is InChI=1S/C14H17N3O2S/c1-10(2)17(8-13(18)19)7-11-9-20-14(16-11)12-5-3-4-6-15-12/h3-6,9-10H,7-8H2,1-2H3,(H,18,19).